The van der Waals surface area contributed by atoms with Crippen molar-refractivity contribution in [3.05, 3.63) is 70.4 Å². The SMILES string of the molecule is CN(Cc1ccsc1)C(=O)CN1CC2C(C1)C2CN(Cc1cccc(OC(F)(F)F)c1)C(=O)c1cn(C)cn1. The van der Waals surface area contributed by atoms with Crippen molar-refractivity contribution in [2.24, 2.45) is 24.8 Å². The summed E-state index contributed by atoms with van der Waals surface area (Å²) in [6, 6.07) is 7.72. The molecule has 2 atom stereocenters. The third-order valence-corrected chi connectivity index (χ3v) is 8.11. The number of aromatic nitrogens is 2. The molecule has 5 rings (SSSR count). The zero-order chi connectivity index (χ0) is 27.7. The smallest absolute Gasteiger partial charge is 0.406 e. The molecule has 2 amide bonds. The summed E-state index contributed by atoms with van der Waals surface area (Å²) in [5, 5.41) is 4.04. The highest BCUT2D eigenvalue weighted by Gasteiger charge is 2.56. The molecule has 1 aliphatic heterocycles. The number of benzene rings is 1. The number of hydrogen-bond acceptors (Lipinski definition) is 6. The molecule has 1 saturated carbocycles. The van der Waals surface area contributed by atoms with Gasteiger partial charge in [-0.15, -0.1) is 13.2 Å². The van der Waals surface area contributed by atoms with Crippen LogP contribution in [0.4, 0.5) is 13.2 Å². The van der Waals surface area contributed by atoms with Gasteiger partial charge < -0.3 is 19.1 Å². The largest absolute Gasteiger partial charge is 0.573 e. The van der Waals surface area contributed by atoms with Crippen LogP contribution in [0.5, 0.6) is 5.75 Å². The van der Waals surface area contributed by atoms with Crippen molar-refractivity contribution in [1.82, 2.24) is 24.3 Å². The van der Waals surface area contributed by atoms with E-state index in [0.29, 0.717) is 37.0 Å². The Morgan fingerprint density at radius 3 is 2.56 bits per heavy atom. The monoisotopic (exact) mass is 561 g/mol. The van der Waals surface area contributed by atoms with Crippen LogP contribution < -0.4 is 4.74 Å². The molecule has 0 bridgehead atoms. The van der Waals surface area contributed by atoms with Gasteiger partial charge in [-0.3, -0.25) is 14.5 Å². The predicted octanol–water partition coefficient (Wildman–Crippen LogP) is 3.86. The van der Waals surface area contributed by atoms with E-state index in [1.165, 1.54) is 18.2 Å². The number of thiophene rings is 1. The van der Waals surface area contributed by atoms with E-state index in [-0.39, 0.29) is 35.7 Å². The Morgan fingerprint density at radius 2 is 1.92 bits per heavy atom. The number of likely N-dealkylation sites (N-methyl/N-ethyl adjacent to an activating group) is 1. The van der Waals surface area contributed by atoms with Gasteiger partial charge in [0.05, 0.1) is 12.9 Å². The number of ether oxygens (including phenoxy) is 1. The molecule has 39 heavy (non-hydrogen) atoms. The van der Waals surface area contributed by atoms with Crippen molar-refractivity contribution in [3.63, 3.8) is 0 Å². The van der Waals surface area contributed by atoms with E-state index in [0.717, 1.165) is 18.7 Å². The number of alkyl halides is 3. The lowest BCUT2D eigenvalue weighted by Gasteiger charge is -2.26. The second-order valence-corrected chi connectivity index (χ2v) is 11.2. The van der Waals surface area contributed by atoms with E-state index < -0.39 is 6.36 Å². The highest BCUT2D eigenvalue weighted by molar-refractivity contribution is 7.07. The molecule has 0 spiro atoms. The molecule has 2 unspecified atom stereocenters. The molecular formula is C27H30F3N5O3S. The van der Waals surface area contributed by atoms with E-state index in [4.69, 9.17) is 0 Å². The summed E-state index contributed by atoms with van der Waals surface area (Å²) in [5.74, 6) is 0.495. The maximum atomic E-state index is 13.4. The van der Waals surface area contributed by atoms with E-state index in [9.17, 15) is 22.8 Å². The minimum atomic E-state index is -4.79. The second-order valence-electron chi connectivity index (χ2n) is 10.4. The molecule has 12 heteroatoms. The lowest BCUT2D eigenvalue weighted by molar-refractivity contribution is -0.274. The molecule has 0 radical (unpaired) electrons. The molecule has 2 aliphatic rings. The van der Waals surface area contributed by atoms with Gasteiger partial charge in [-0.25, -0.2) is 4.98 Å². The number of likely N-dealkylation sites (tertiary alicyclic amines) is 1. The van der Waals surface area contributed by atoms with Gasteiger partial charge in [-0.2, -0.15) is 11.3 Å². The predicted molar refractivity (Wildman–Crippen MR) is 139 cm³/mol. The summed E-state index contributed by atoms with van der Waals surface area (Å²) in [7, 11) is 3.58. The van der Waals surface area contributed by atoms with E-state index >= 15 is 0 Å². The summed E-state index contributed by atoms with van der Waals surface area (Å²) < 4.78 is 43.9. The molecule has 208 valence electrons. The minimum Gasteiger partial charge on any atom is -0.406 e. The highest BCUT2D eigenvalue weighted by atomic mass is 32.1. The number of amides is 2. The zero-order valence-electron chi connectivity index (χ0n) is 21.7. The number of nitrogens with zero attached hydrogens (tertiary/aromatic N) is 5. The fraction of sp³-hybridized carbons (Fsp3) is 0.444. The zero-order valence-corrected chi connectivity index (χ0v) is 22.5. The molecule has 0 N–H and O–H groups in total. The number of hydrogen-bond donors (Lipinski definition) is 0. The fourth-order valence-electron chi connectivity index (χ4n) is 5.41. The van der Waals surface area contributed by atoms with Crippen LogP contribution in [-0.2, 0) is 24.9 Å². The number of aryl methyl sites for hydroxylation is 1. The van der Waals surface area contributed by atoms with E-state index in [1.807, 2.05) is 23.9 Å². The first-order valence-corrected chi connectivity index (χ1v) is 13.6. The lowest BCUT2D eigenvalue weighted by Crippen LogP contribution is -2.39. The molecule has 2 fully saturated rings. The molecule has 8 nitrogen and oxygen atoms in total. The van der Waals surface area contributed by atoms with Crippen LogP contribution in [0.3, 0.4) is 0 Å². The Hall–Kier alpha value is -3.38. The van der Waals surface area contributed by atoms with Crippen molar-refractivity contribution < 1.29 is 27.5 Å². The molecular weight excluding hydrogens is 531 g/mol. The molecule has 2 aromatic heterocycles. The van der Waals surface area contributed by atoms with Crippen molar-refractivity contribution in [3.8, 4) is 5.75 Å². The summed E-state index contributed by atoms with van der Waals surface area (Å²) in [4.78, 5) is 35.8. The minimum absolute atomic E-state index is 0.0759. The van der Waals surface area contributed by atoms with Crippen molar-refractivity contribution >= 4 is 23.2 Å². The van der Waals surface area contributed by atoms with Crippen molar-refractivity contribution in [2.75, 3.05) is 33.2 Å². The quantitative estimate of drug-likeness (QED) is 0.376. The summed E-state index contributed by atoms with van der Waals surface area (Å²) in [6.45, 7) is 3.13. The first kappa shape index (κ1) is 27.2. The average molecular weight is 562 g/mol. The van der Waals surface area contributed by atoms with Gasteiger partial charge >= 0.3 is 6.36 Å². The van der Waals surface area contributed by atoms with Gasteiger partial charge in [-0.1, -0.05) is 12.1 Å². The summed E-state index contributed by atoms with van der Waals surface area (Å²) in [5.41, 5.74) is 1.94. The van der Waals surface area contributed by atoms with Gasteiger partial charge in [0.1, 0.15) is 11.4 Å². The van der Waals surface area contributed by atoms with Crippen molar-refractivity contribution in [1.29, 1.82) is 0 Å². The van der Waals surface area contributed by atoms with Gasteiger partial charge in [0.15, 0.2) is 0 Å². The Morgan fingerprint density at radius 1 is 1.15 bits per heavy atom. The van der Waals surface area contributed by atoms with Crippen LogP contribution in [0.2, 0.25) is 0 Å². The van der Waals surface area contributed by atoms with Gasteiger partial charge in [0.2, 0.25) is 5.91 Å². The lowest BCUT2D eigenvalue weighted by atomic mass is 10.1. The fourth-order valence-corrected chi connectivity index (χ4v) is 6.07. The average Bonchev–Trinajstić information content (AvgIpc) is 3.36. The van der Waals surface area contributed by atoms with Gasteiger partial charge in [0, 0.05) is 53.0 Å². The number of carbonyl (C=O) groups is 2. The first-order valence-electron chi connectivity index (χ1n) is 12.6. The molecule has 3 heterocycles. The summed E-state index contributed by atoms with van der Waals surface area (Å²) in [6.07, 6.45) is -1.62. The first-order chi connectivity index (χ1) is 18.6. The van der Waals surface area contributed by atoms with E-state index in [1.54, 1.807) is 51.3 Å². The number of imidazole rings is 1. The van der Waals surface area contributed by atoms with Crippen LogP contribution in [0, 0.1) is 17.8 Å². The van der Waals surface area contributed by atoms with Crippen LogP contribution in [0.25, 0.3) is 0 Å². The third kappa shape index (κ3) is 6.80. The Kier molecular flexibility index (Phi) is 7.68. The number of piperidine rings is 1. The Balaban J connectivity index is 1.20. The van der Waals surface area contributed by atoms with Crippen LogP contribution in [0.15, 0.2) is 53.6 Å². The standard InChI is InChI=1S/C27H30F3N5O3S/c1-32-14-24(31-17-32)26(37)35(10-18-4-3-5-20(8-18)38-27(28,29)30)13-23-21-11-34(12-22(21)23)15-25(36)33(2)9-19-6-7-39-16-19/h3-8,14,16-17,21-23H,9-13,15H2,1-2H3. The molecule has 1 aromatic carbocycles. The van der Waals surface area contributed by atoms with E-state index in [2.05, 4.69) is 14.6 Å². The number of fused-ring (bicyclic) bond motifs is 1. The number of carbonyl (C=O) groups excluding carboxylic acids is 2. The molecule has 1 aliphatic carbocycles. The maximum Gasteiger partial charge on any atom is 0.573 e. The number of halogens is 3. The van der Waals surface area contributed by atoms with Crippen LogP contribution >= 0.6 is 11.3 Å². The normalized spacial score (nSPS) is 20.5. The van der Waals surface area contributed by atoms with Crippen LogP contribution in [0.1, 0.15) is 21.6 Å². The van der Waals surface area contributed by atoms with Gasteiger partial charge in [-0.05, 0) is 57.8 Å². The van der Waals surface area contributed by atoms with Crippen molar-refractivity contribution in [2.45, 2.75) is 19.5 Å². The van der Waals surface area contributed by atoms with Gasteiger partial charge in [0.25, 0.3) is 5.91 Å². The summed E-state index contributed by atoms with van der Waals surface area (Å²) >= 11 is 1.61. The Labute approximate surface area is 228 Å². The topological polar surface area (TPSA) is 70.9 Å². The third-order valence-electron chi connectivity index (χ3n) is 7.38. The maximum absolute atomic E-state index is 13.4. The number of rotatable bonds is 10. The van der Waals surface area contributed by atoms with Crippen LogP contribution in [-0.4, -0.2) is 75.7 Å². The molecule has 3 aromatic rings. The second kappa shape index (κ2) is 11.0. The molecule has 1 saturated heterocycles. The highest BCUT2D eigenvalue weighted by Crippen LogP contribution is 2.52. The Bertz CT molecular complexity index is 1300.